The average molecular weight is 296 g/mol. The van der Waals surface area contributed by atoms with Crippen LogP contribution in [0.25, 0.3) is 0 Å². The Labute approximate surface area is 125 Å². The molecule has 6 heteroatoms. The summed E-state index contributed by atoms with van der Waals surface area (Å²) in [6, 6.07) is 7.38. The van der Waals surface area contributed by atoms with Crippen molar-refractivity contribution in [2.45, 2.75) is 19.8 Å². The van der Waals surface area contributed by atoms with E-state index in [4.69, 9.17) is 14.9 Å². The lowest BCUT2D eigenvalue weighted by Crippen LogP contribution is -2.44. The third-order valence-electron chi connectivity index (χ3n) is 2.95. The Balaban J connectivity index is 2.35. The Hall–Kier alpha value is -1.79. The zero-order valence-electron chi connectivity index (χ0n) is 12.4. The van der Waals surface area contributed by atoms with Crippen molar-refractivity contribution in [3.8, 4) is 5.75 Å². The number of benzene rings is 1. The molecule has 6 nitrogen and oxygen atoms in total. The second-order valence-electron chi connectivity index (χ2n) is 4.60. The standard InChI is InChI=1S/C15H24N2O4/c1-2-3-13-4-6-14(7-5-13)21-12-16-15(20)17(8-10-18)9-11-19/h4-7,18-19H,2-3,8-12H2,1H3,(H,16,20). The monoisotopic (exact) mass is 296 g/mol. The van der Waals surface area contributed by atoms with Gasteiger partial charge in [-0.3, -0.25) is 0 Å². The summed E-state index contributed by atoms with van der Waals surface area (Å²) in [5, 5.41) is 20.3. The third kappa shape index (κ3) is 6.46. The van der Waals surface area contributed by atoms with Gasteiger partial charge in [-0.2, -0.15) is 0 Å². The van der Waals surface area contributed by atoms with Crippen LogP contribution in [0.2, 0.25) is 0 Å². The summed E-state index contributed by atoms with van der Waals surface area (Å²) in [4.78, 5) is 13.1. The molecule has 0 spiro atoms. The molecule has 0 aromatic heterocycles. The number of rotatable bonds is 9. The Morgan fingerprint density at radius 2 is 1.81 bits per heavy atom. The molecule has 0 radical (unpaired) electrons. The van der Waals surface area contributed by atoms with Gasteiger partial charge in [-0.25, -0.2) is 4.79 Å². The van der Waals surface area contributed by atoms with Crippen molar-refractivity contribution in [2.24, 2.45) is 0 Å². The second kappa shape index (κ2) is 10.0. The molecule has 0 aliphatic carbocycles. The lowest BCUT2D eigenvalue weighted by Gasteiger charge is -2.21. The van der Waals surface area contributed by atoms with Crippen LogP contribution < -0.4 is 10.1 Å². The van der Waals surface area contributed by atoms with E-state index in [0.717, 1.165) is 12.8 Å². The minimum absolute atomic E-state index is 0.0410. The Morgan fingerprint density at radius 1 is 1.19 bits per heavy atom. The fraction of sp³-hybridized carbons (Fsp3) is 0.533. The smallest absolute Gasteiger partial charge is 0.320 e. The van der Waals surface area contributed by atoms with Gasteiger partial charge in [0.05, 0.1) is 13.2 Å². The zero-order valence-corrected chi connectivity index (χ0v) is 12.4. The Bertz CT molecular complexity index is 403. The predicted molar refractivity (Wildman–Crippen MR) is 80.2 cm³/mol. The molecule has 21 heavy (non-hydrogen) atoms. The van der Waals surface area contributed by atoms with E-state index in [9.17, 15) is 4.79 Å². The number of aliphatic hydroxyl groups excluding tert-OH is 2. The Morgan fingerprint density at radius 3 is 2.33 bits per heavy atom. The Kier molecular flexibility index (Phi) is 8.23. The molecular weight excluding hydrogens is 272 g/mol. The normalized spacial score (nSPS) is 10.2. The van der Waals surface area contributed by atoms with Crippen LogP contribution in [0.4, 0.5) is 4.79 Å². The number of carbonyl (C=O) groups is 1. The molecule has 0 saturated carbocycles. The van der Waals surface area contributed by atoms with Crippen LogP contribution in [0.1, 0.15) is 18.9 Å². The molecule has 0 aliphatic heterocycles. The largest absolute Gasteiger partial charge is 0.473 e. The molecule has 118 valence electrons. The highest BCUT2D eigenvalue weighted by Gasteiger charge is 2.11. The lowest BCUT2D eigenvalue weighted by molar-refractivity contribution is 0.151. The molecule has 1 aromatic rings. The van der Waals surface area contributed by atoms with E-state index in [-0.39, 0.29) is 39.1 Å². The van der Waals surface area contributed by atoms with Crippen LogP contribution in [-0.2, 0) is 6.42 Å². The maximum absolute atomic E-state index is 11.8. The van der Waals surface area contributed by atoms with Crippen molar-refractivity contribution in [1.82, 2.24) is 10.2 Å². The summed E-state index contributed by atoms with van der Waals surface area (Å²) in [5.41, 5.74) is 1.26. The van der Waals surface area contributed by atoms with E-state index >= 15 is 0 Å². The maximum Gasteiger partial charge on any atom is 0.320 e. The van der Waals surface area contributed by atoms with Gasteiger partial charge in [0.2, 0.25) is 0 Å². The number of carbonyl (C=O) groups excluding carboxylic acids is 1. The van der Waals surface area contributed by atoms with Crippen LogP contribution in [0, 0.1) is 0 Å². The van der Waals surface area contributed by atoms with E-state index in [1.807, 2.05) is 24.3 Å². The maximum atomic E-state index is 11.8. The summed E-state index contributed by atoms with van der Waals surface area (Å²) in [7, 11) is 0. The fourth-order valence-corrected chi connectivity index (χ4v) is 1.89. The summed E-state index contributed by atoms with van der Waals surface area (Å²) in [6.45, 7) is 2.24. The number of urea groups is 1. The van der Waals surface area contributed by atoms with Crippen LogP contribution >= 0.6 is 0 Å². The van der Waals surface area contributed by atoms with E-state index in [0.29, 0.717) is 5.75 Å². The third-order valence-corrected chi connectivity index (χ3v) is 2.95. The van der Waals surface area contributed by atoms with Crippen molar-refractivity contribution < 1.29 is 19.7 Å². The molecule has 0 saturated heterocycles. The molecule has 3 N–H and O–H groups in total. The van der Waals surface area contributed by atoms with Gasteiger partial charge in [0, 0.05) is 13.1 Å². The molecular formula is C15H24N2O4. The van der Waals surface area contributed by atoms with Gasteiger partial charge >= 0.3 is 6.03 Å². The van der Waals surface area contributed by atoms with Gasteiger partial charge < -0.3 is 25.2 Å². The van der Waals surface area contributed by atoms with E-state index in [1.165, 1.54) is 10.5 Å². The van der Waals surface area contributed by atoms with Gasteiger partial charge in [-0.15, -0.1) is 0 Å². The minimum Gasteiger partial charge on any atom is -0.473 e. The molecule has 1 rings (SSSR count). The highest BCUT2D eigenvalue weighted by atomic mass is 16.5. The van der Waals surface area contributed by atoms with Crippen molar-refractivity contribution in [3.63, 3.8) is 0 Å². The fourth-order valence-electron chi connectivity index (χ4n) is 1.89. The van der Waals surface area contributed by atoms with Crippen molar-refractivity contribution in [1.29, 1.82) is 0 Å². The number of amides is 2. The minimum atomic E-state index is -0.374. The van der Waals surface area contributed by atoms with Gasteiger partial charge in [0.1, 0.15) is 5.75 Å². The van der Waals surface area contributed by atoms with Crippen LogP contribution in [0.5, 0.6) is 5.75 Å². The van der Waals surface area contributed by atoms with Crippen molar-refractivity contribution in [2.75, 3.05) is 33.0 Å². The number of aryl methyl sites for hydroxylation is 1. The van der Waals surface area contributed by atoms with E-state index in [1.54, 1.807) is 0 Å². The number of hydrogen-bond acceptors (Lipinski definition) is 4. The number of nitrogens with zero attached hydrogens (tertiary/aromatic N) is 1. The first-order valence-electron chi connectivity index (χ1n) is 7.17. The zero-order chi connectivity index (χ0) is 15.5. The highest BCUT2D eigenvalue weighted by molar-refractivity contribution is 5.74. The first-order chi connectivity index (χ1) is 10.2. The SMILES string of the molecule is CCCc1ccc(OCNC(=O)N(CCO)CCO)cc1. The molecule has 0 bridgehead atoms. The van der Waals surface area contributed by atoms with Crippen LogP contribution in [0.3, 0.4) is 0 Å². The number of nitrogens with one attached hydrogen (secondary N) is 1. The summed E-state index contributed by atoms with van der Waals surface area (Å²) in [5.74, 6) is 0.686. The van der Waals surface area contributed by atoms with Gasteiger partial charge in [-0.1, -0.05) is 25.5 Å². The number of aliphatic hydroxyl groups is 2. The quantitative estimate of drug-likeness (QED) is 0.593. The topological polar surface area (TPSA) is 82.0 Å². The van der Waals surface area contributed by atoms with Crippen LogP contribution in [-0.4, -0.2) is 54.2 Å². The molecule has 1 aromatic carbocycles. The van der Waals surface area contributed by atoms with Crippen molar-refractivity contribution in [3.05, 3.63) is 29.8 Å². The van der Waals surface area contributed by atoms with Crippen molar-refractivity contribution >= 4 is 6.03 Å². The molecule has 0 heterocycles. The predicted octanol–water partition coefficient (Wildman–Crippen LogP) is 0.972. The van der Waals surface area contributed by atoms with E-state index in [2.05, 4.69) is 12.2 Å². The summed E-state index contributed by atoms with van der Waals surface area (Å²) >= 11 is 0. The number of ether oxygens (including phenoxy) is 1. The van der Waals surface area contributed by atoms with Gasteiger partial charge in [0.15, 0.2) is 6.73 Å². The number of hydrogen-bond donors (Lipinski definition) is 3. The first kappa shape index (κ1) is 17.3. The summed E-state index contributed by atoms with van der Waals surface area (Å²) in [6.07, 6.45) is 2.14. The molecule has 0 fully saturated rings. The molecule has 0 aliphatic rings. The molecule has 0 atom stereocenters. The first-order valence-corrected chi connectivity index (χ1v) is 7.17. The lowest BCUT2D eigenvalue weighted by atomic mass is 10.1. The van der Waals surface area contributed by atoms with Gasteiger partial charge in [-0.05, 0) is 24.1 Å². The molecule has 2 amide bonds. The highest BCUT2D eigenvalue weighted by Crippen LogP contribution is 2.12. The van der Waals surface area contributed by atoms with Crippen LogP contribution in [0.15, 0.2) is 24.3 Å². The summed E-state index contributed by atoms with van der Waals surface area (Å²) < 4.78 is 5.43. The molecule has 0 unspecified atom stereocenters. The van der Waals surface area contributed by atoms with Gasteiger partial charge in [0.25, 0.3) is 0 Å². The van der Waals surface area contributed by atoms with E-state index < -0.39 is 0 Å². The average Bonchev–Trinajstić information content (AvgIpc) is 2.49. The second-order valence-corrected chi connectivity index (χ2v) is 4.60.